The molecule has 74 valence electrons. The zero-order valence-corrected chi connectivity index (χ0v) is 8.54. The Morgan fingerprint density at radius 3 is 2.69 bits per heavy atom. The zero-order chi connectivity index (χ0) is 9.90. The number of aromatic nitrogens is 1. The van der Waals surface area contributed by atoms with E-state index in [1.54, 1.807) is 0 Å². The predicted molar refractivity (Wildman–Crippen MR) is 54.9 cm³/mol. The molecule has 0 saturated carbocycles. The van der Waals surface area contributed by atoms with Gasteiger partial charge in [-0.25, -0.2) is 0 Å². The predicted octanol–water partition coefficient (Wildman–Crippen LogP) is 1.47. The van der Waals surface area contributed by atoms with Gasteiger partial charge in [0.05, 0.1) is 5.69 Å². The van der Waals surface area contributed by atoms with Crippen LogP contribution in [0, 0.1) is 5.41 Å². The van der Waals surface area contributed by atoms with Crippen LogP contribution in [0.1, 0.15) is 13.8 Å². The fourth-order valence-electron chi connectivity index (χ4n) is 1.34. The molecule has 1 heterocycles. The number of hydrogen-bond donors (Lipinski definition) is 2. The van der Waals surface area contributed by atoms with Gasteiger partial charge < -0.3 is 15.0 Å². The van der Waals surface area contributed by atoms with Crippen molar-refractivity contribution in [3.8, 4) is 0 Å². The maximum absolute atomic E-state index is 9.11. The molecular formula is C10H18N2O. The summed E-state index contributed by atoms with van der Waals surface area (Å²) in [6, 6.07) is 2.02. The van der Waals surface area contributed by atoms with Crippen molar-refractivity contribution in [2.45, 2.75) is 13.8 Å². The fraction of sp³-hybridized carbons (Fsp3) is 0.600. The van der Waals surface area contributed by atoms with Crippen LogP contribution in [0.5, 0.6) is 0 Å². The number of hydrogen-bond acceptors (Lipinski definition) is 2. The Morgan fingerprint density at radius 1 is 1.54 bits per heavy atom. The number of nitrogens with zero attached hydrogens (tertiary/aromatic N) is 1. The van der Waals surface area contributed by atoms with E-state index in [2.05, 4.69) is 23.7 Å². The maximum atomic E-state index is 9.11. The van der Waals surface area contributed by atoms with Crippen LogP contribution < -0.4 is 4.90 Å². The van der Waals surface area contributed by atoms with Crippen molar-refractivity contribution in [3.05, 3.63) is 18.5 Å². The van der Waals surface area contributed by atoms with Crippen molar-refractivity contribution in [3.63, 3.8) is 0 Å². The lowest BCUT2D eigenvalue weighted by Crippen LogP contribution is -2.33. The van der Waals surface area contributed by atoms with E-state index in [1.165, 1.54) is 0 Å². The molecule has 2 N–H and O–H groups in total. The Morgan fingerprint density at radius 2 is 2.23 bits per heavy atom. The molecule has 0 saturated heterocycles. The Labute approximate surface area is 79.4 Å². The minimum atomic E-state index is -0.0496. The number of aliphatic hydroxyl groups excluding tert-OH is 1. The molecule has 3 nitrogen and oxygen atoms in total. The van der Waals surface area contributed by atoms with Gasteiger partial charge in [0.15, 0.2) is 0 Å². The van der Waals surface area contributed by atoms with Crippen LogP contribution in [0.2, 0.25) is 0 Å². The van der Waals surface area contributed by atoms with E-state index in [0.29, 0.717) is 0 Å². The molecular weight excluding hydrogens is 164 g/mol. The first kappa shape index (κ1) is 10.1. The zero-order valence-electron chi connectivity index (χ0n) is 8.54. The highest BCUT2D eigenvalue weighted by Crippen LogP contribution is 2.19. The highest BCUT2D eigenvalue weighted by molar-refractivity contribution is 5.43. The quantitative estimate of drug-likeness (QED) is 0.740. The third-order valence-electron chi connectivity index (χ3n) is 2.12. The molecule has 0 atom stereocenters. The average Bonchev–Trinajstić information content (AvgIpc) is 2.55. The maximum Gasteiger partial charge on any atom is 0.0541 e. The summed E-state index contributed by atoms with van der Waals surface area (Å²) in [6.45, 7) is 5.16. The molecule has 0 bridgehead atoms. The molecule has 0 spiro atoms. The Kier molecular flexibility index (Phi) is 2.98. The number of H-pyrrole nitrogens is 1. The van der Waals surface area contributed by atoms with Crippen LogP contribution in [0.4, 0.5) is 5.69 Å². The summed E-state index contributed by atoms with van der Waals surface area (Å²) >= 11 is 0. The van der Waals surface area contributed by atoms with E-state index in [1.807, 2.05) is 25.5 Å². The lowest BCUT2D eigenvalue weighted by Gasteiger charge is -2.29. The standard InChI is InChI=1S/C10H18N2O/c1-10(2,8-13)7-12(3)9-4-5-11-6-9/h4-6,11,13H,7-8H2,1-3H3. The number of rotatable bonds is 4. The average molecular weight is 182 g/mol. The summed E-state index contributed by atoms with van der Waals surface area (Å²) in [5, 5.41) is 9.11. The number of aliphatic hydroxyl groups is 1. The van der Waals surface area contributed by atoms with Crippen molar-refractivity contribution in [2.75, 3.05) is 25.1 Å². The van der Waals surface area contributed by atoms with Crippen LogP contribution >= 0.6 is 0 Å². The third-order valence-corrected chi connectivity index (χ3v) is 2.12. The SMILES string of the molecule is CN(CC(C)(C)CO)c1cc[nH]c1. The number of anilines is 1. The Hall–Kier alpha value is -0.960. The molecule has 0 aliphatic carbocycles. The van der Waals surface area contributed by atoms with Crippen LogP contribution in [-0.2, 0) is 0 Å². The van der Waals surface area contributed by atoms with Gasteiger partial charge in [-0.2, -0.15) is 0 Å². The van der Waals surface area contributed by atoms with Crippen molar-refractivity contribution >= 4 is 5.69 Å². The molecule has 0 amide bonds. The van der Waals surface area contributed by atoms with E-state index < -0.39 is 0 Å². The lowest BCUT2D eigenvalue weighted by atomic mass is 9.94. The highest BCUT2D eigenvalue weighted by atomic mass is 16.3. The van der Waals surface area contributed by atoms with Gasteiger partial charge in [0.1, 0.15) is 0 Å². The van der Waals surface area contributed by atoms with Crippen molar-refractivity contribution in [2.24, 2.45) is 5.41 Å². The van der Waals surface area contributed by atoms with E-state index >= 15 is 0 Å². The molecule has 0 fully saturated rings. The van der Waals surface area contributed by atoms with Crippen LogP contribution in [-0.4, -0.2) is 30.3 Å². The second-order valence-corrected chi connectivity index (χ2v) is 4.25. The van der Waals surface area contributed by atoms with Gasteiger partial charge in [-0.15, -0.1) is 0 Å². The monoisotopic (exact) mass is 182 g/mol. The molecule has 0 aliphatic rings. The summed E-state index contributed by atoms with van der Waals surface area (Å²) in [7, 11) is 2.03. The van der Waals surface area contributed by atoms with Crippen molar-refractivity contribution in [1.82, 2.24) is 4.98 Å². The van der Waals surface area contributed by atoms with Gasteiger partial charge in [-0.1, -0.05) is 13.8 Å². The van der Waals surface area contributed by atoms with E-state index in [9.17, 15) is 0 Å². The molecule has 0 aromatic carbocycles. The largest absolute Gasteiger partial charge is 0.396 e. The summed E-state index contributed by atoms with van der Waals surface area (Å²) in [5.74, 6) is 0. The first-order valence-electron chi connectivity index (χ1n) is 4.50. The number of aromatic amines is 1. The smallest absolute Gasteiger partial charge is 0.0541 e. The Balaban J connectivity index is 2.56. The topological polar surface area (TPSA) is 39.3 Å². The highest BCUT2D eigenvalue weighted by Gasteiger charge is 2.19. The summed E-state index contributed by atoms with van der Waals surface area (Å²) < 4.78 is 0. The van der Waals surface area contributed by atoms with Crippen molar-refractivity contribution in [1.29, 1.82) is 0 Å². The van der Waals surface area contributed by atoms with Crippen LogP contribution in [0.3, 0.4) is 0 Å². The van der Waals surface area contributed by atoms with Gasteiger partial charge in [0, 0.05) is 38.0 Å². The molecule has 13 heavy (non-hydrogen) atoms. The van der Waals surface area contributed by atoms with Gasteiger partial charge in [-0.05, 0) is 6.07 Å². The third kappa shape index (κ3) is 2.77. The molecule has 0 unspecified atom stereocenters. The summed E-state index contributed by atoms with van der Waals surface area (Å²) in [6.07, 6.45) is 3.85. The normalized spacial score (nSPS) is 11.7. The first-order chi connectivity index (χ1) is 6.05. The minimum Gasteiger partial charge on any atom is -0.396 e. The van der Waals surface area contributed by atoms with Crippen molar-refractivity contribution < 1.29 is 5.11 Å². The molecule has 1 aromatic rings. The van der Waals surface area contributed by atoms with Crippen LogP contribution in [0.15, 0.2) is 18.5 Å². The summed E-state index contributed by atoms with van der Waals surface area (Å²) in [4.78, 5) is 5.14. The lowest BCUT2D eigenvalue weighted by molar-refractivity contribution is 0.165. The first-order valence-corrected chi connectivity index (χ1v) is 4.50. The van der Waals surface area contributed by atoms with E-state index in [4.69, 9.17) is 5.11 Å². The second kappa shape index (κ2) is 3.83. The molecule has 1 aromatic heterocycles. The Bertz CT molecular complexity index is 241. The van der Waals surface area contributed by atoms with E-state index in [-0.39, 0.29) is 12.0 Å². The molecule has 3 heteroatoms. The van der Waals surface area contributed by atoms with E-state index in [0.717, 1.165) is 12.2 Å². The number of nitrogens with one attached hydrogen (secondary N) is 1. The van der Waals surface area contributed by atoms with Gasteiger partial charge in [0.2, 0.25) is 0 Å². The molecule has 0 radical (unpaired) electrons. The second-order valence-electron chi connectivity index (χ2n) is 4.25. The van der Waals surface area contributed by atoms with Gasteiger partial charge in [0.25, 0.3) is 0 Å². The minimum absolute atomic E-state index is 0.0496. The molecule has 0 aliphatic heterocycles. The molecule has 1 rings (SSSR count). The fourth-order valence-corrected chi connectivity index (χ4v) is 1.34. The van der Waals surface area contributed by atoms with Gasteiger partial charge >= 0.3 is 0 Å². The van der Waals surface area contributed by atoms with Gasteiger partial charge in [-0.3, -0.25) is 0 Å². The van der Waals surface area contributed by atoms with Crippen LogP contribution in [0.25, 0.3) is 0 Å². The summed E-state index contributed by atoms with van der Waals surface area (Å²) in [5.41, 5.74) is 1.10.